The number of aliphatic hydroxyl groups is 3. The molecule has 0 saturated carbocycles. The van der Waals surface area contributed by atoms with Crippen molar-refractivity contribution in [1.82, 2.24) is 0 Å². The van der Waals surface area contributed by atoms with Gasteiger partial charge in [-0.3, -0.25) is 14.1 Å². The highest BCUT2D eigenvalue weighted by atomic mass is 32.2. The van der Waals surface area contributed by atoms with Crippen molar-refractivity contribution in [3.63, 3.8) is 0 Å². The minimum Gasteiger partial charge on any atom is -0.462 e. The summed E-state index contributed by atoms with van der Waals surface area (Å²) in [6, 6.07) is 0. The fourth-order valence-electron chi connectivity index (χ4n) is 5.86. The Morgan fingerprint density at radius 1 is 0.648 bits per heavy atom. The summed E-state index contributed by atoms with van der Waals surface area (Å²) in [4.78, 5) is 25.3. The first-order valence-corrected chi connectivity index (χ1v) is 21.9. The van der Waals surface area contributed by atoms with Gasteiger partial charge in [0.15, 0.2) is 12.4 Å². The maximum absolute atomic E-state index is 12.7. The number of carbonyl (C=O) groups excluding carboxylic acids is 2. The molecule has 0 amide bonds. The summed E-state index contributed by atoms with van der Waals surface area (Å²) in [6.45, 7) is 3.56. The fourth-order valence-corrected chi connectivity index (χ4v) is 6.55. The Morgan fingerprint density at radius 3 is 1.74 bits per heavy atom. The van der Waals surface area contributed by atoms with Gasteiger partial charge >= 0.3 is 11.9 Å². The lowest BCUT2D eigenvalue weighted by molar-refractivity contribution is -0.297. The van der Waals surface area contributed by atoms with Crippen LogP contribution in [-0.4, -0.2) is 96.0 Å². The van der Waals surface area contributed by atoms with E-state index in [1.54, 1.807) is 0 Å². The molecule has 12 nitrogen and oxygen atoms in total. The fraction of sp³-hybridized carbons (Fsp3) is 0.756. The molecule has 0 spiro atoms. The highest BCUT2D eigenvalue weighted by molar-refractivity contribution is 7.85. The summed E-state index contributed by atoms with van der Waals surface area (Å²) in [5.74, 6) is -2.04. The van der Waals surface area contributed by atoms with Crippen LogP contribution in [0.25, 0.3) is 0 Å². The lowest BCUT2D eigenvalue weighted by atomic mass is 10.00. The number of carbonyl (C=O) groups is 2. The van der Waals surface area contributed by atoms with E-state index >= 15 is 0 Å². The predicted octanol–water partition coefficient (Wildman–Crippen LogP) is 7.22. The van der Waals surface area contributed by atoms with Gasteiger partial charge in [0.1, 0.15) is 36.8 Å². The number of rotatable bonds is 32. The Labute approximate surface area is 324 Å². The van der Waals surface area contributed by atoms with E-state index < -0.39 is 71.2 Å². The van der Waals surface area contributed by atoms with Crippen LogP contribution in [0, 0.1) is 0 Å². The molecule has 0 bridgehead atoms. The predicted molar refractivity (Wildman–Crippen MR) is 210 cm³/mol. The number of ether oxygens (including phenoxy) is 4. The van der Waals surface area contributed by atoms with Crippen molar-refractivity contribution in [2.24, 2.45) is 0 Å². The topological polar surface area (TPSA) is 186 Å². The smallest absolute Gasteiger partial charge is 0.306 e. The van der Waals surface area contributed by atoms with Crippen LogP contribution >= 0.6 is 0 Å². The van der Waals surface area contributed by atoms with Gasteiger partial charge in [0.2, 0.25) is 0 Å². The summed E-state index contributed by atoms with van der Waals surface area (Å²) in [7, 11) is -4.60. The lowest BCUT2D eigenvalue weighted by Gasteiger charge is -2.40. The van der Waals surface area contributed by atoms with Crippen LogP contribution in [0.2, 0.25) is 0 Å². The molecule has 312 valence electrons. The molecule has 1 rings (SSSR count). The zero-order chi connectivity index (χ0) is 39.9. The first-order valence-electron chi connectivity index (χ1n) is 20.2. The highest BCUT2D eigenvalue weighted by Gasteiger charge is 2.46. The Balaban J connectivity index is 2.54. The summed E-state index contributed by atoms with van der Waals surface area (Å²) in [6.07, 6.45) is 26.0. The van der Waals surface area contributed by atoms with Gasteiger partial charge < -0.3 is 34.3 Å². The van der Waals surface area contributed by atoms with Crippen LogP contribution in [0.4, 0.5) is 0 Å². The van der Waals surface area contributed by atoms with Gasteiger partial charge in [-0.2, -0.15) is 8.42 Å². The third-order valence-electron chi connectivity index (χ3n) is 9.02. The molecular weight excluding hydrogens is 717 g/mol. The highest BCUT2D eigenvalue weighted by Crippen LogP contribution is 2.24. The van der Waals surface area contributed by atoms with Gasteiger partial charge in [-0.15, -0.1) is 0 Å². The molecule has 0 aromatic rings. The second kappa shape index (κ2) is 31.8. The first-order chi connectivity index (χ1) is 26.0. The zero-order valence-corrected chi connectivity index (χ0v) is 33.6. The molecule has 0 aliphatic carbocycles. The normalized spacial score (nSPS) is 21.5. The number of aliphatic hydroxyl groups excluding tert-OH is 3. The van der Waals surface area contributed by atoms with E-state index in [9.17, 15) is 37.9 Å². The minimum absolute atomic E-state index is 0.118. The Kier molecular flexibility index (Phi) is 29.2. The van der Waals surface area contributed by atoms with Crippen molar-refractivity contribution in [3.05, 3.63) is 48.6 Å². The number of esters is 2. The molecule has 1 saturated heterocycles. The van der Waals surface area contributed by atoms with E-state index in [4.69, 9.17) is 18.9 Å². The van der Waals surface area contributed by atoms with Crippen molar-refractivity contribution in [1.29, 1.82) is 0 Å². The number of allylic oxidation sites excluding steroid dienone is 8. The number of hydrogen-bond donors (Lipinski definition) is 4. The monoisotopic (exact) mass is 786 g/mol. The molecule has 1 heterocycles. The molecule has 0 aromatic carbocycles. The minimum atomic E-state index is -4.60. The average molecular weight is 787 g/mol. The van der Waals surface area contributed by atoms with E-state index in [0.717, 1.165) is 44.9 Å². The summed E-state index contributed by atoms with van der Waals surface area (Å²) in [5, 5.41) is 30.8. The zero-order valence-electron chi connectivity index (χ0n) is 32.8. The Bertz CT molecular complexity index is 1200. The molecule has 0 aromatic heterocycles. The molecule has 4 N–H and O–H groups in total. The summed E-state index contributed by atoms with van der Waals surface area (Å²) >= 11 is 0. The van der Waals surface area contributed by atoms with E-state index in [1.165, 1.54) is 57.8 Å². The molecule has 54 heavy (non-hydrogen) atoms. The van der Waals surface area contributed by atoms with Crippen LogP contribution in [-0.2, 0) is 38.7 Å². The van der Waals surface area contributed by atoms with Crippen LogP contribution in [0.3, 0.4) is 0 Å². The van der Waals surface area contributed by atoms with Crippen molar-refractivity contribution in [2.45, 2.75) is 179 Å². The van der Waals surface area contributed by atoms with Crippen LogP contribution in [0.5, 0.6) is 0 Å². The van der Waals surface area contributed by atoms with Crippen LogP contribution in [0.15, 0.2) is 48.6 Å². The third kappa shape index (κ3) is 26.4. The first kappa shape index (κ1) is 49.6. The maximum atomic E-state index is 12.7. The Morgan fingerprint density at radius 2 is 1.17 bits per heavy atom. The van der Waals surface area contributed by atoms with Crippen molar-refractivity contribution >= 4 is 22.1 Å². The molecular formula is C41H70O12S. The van der Waals surface area contributed by atoms with Crippen LogP contribution < -0.4 is 0 Å². The average Bonchev–Trinajstić information content (AvgIpc) is 3.13. The second-order valence-electron chi connectivity index (χ2n) is 14.0. The van der Waals surface area contributed by atoms with Gasteiger partial charge in [-0.1, -0.05) is 146 Å². The van der Waals surface area contributed by atoms with Crippen molar-refractivity contribution in [3.8, 4) is 0 Å². The van der Waals surface area contributed by atoms with E-state index in [1.807, 2.05) is 36.5 Å². The summed E-state index contributed by atoms with van der Waals surface area (Å²) < 4.78 is 53.8. The second-order valence-corrected chi connectivity index (χ2v) is 15.5. The largest absolute Gasteiger partial charge is 0.462 e. The van der Waals surface area contributed by atoms with Gasteiger partial charge in [0, 0.05) is 12.8 Å². The van der Waals surface area contributed by atoms with Gasteiger partial charge in [-0.05, 0) is 32.1 Å². The van der Waals surface area contributed by atoms with Gasteiger partial charge in [0.25, 0.3) is 10.1 Å². The quantitative estimate of drug-likeness (QED) is 0.0233. The standard InChI is InChI=1S/C41H70O12S/c1-3-5-7-9-11-13-15-17-19-21-23-25-27-29-36(42)50-31-34(32-51-41-40(46)39(45)38(44)35(53-41)33-54(47,48)49)52-37(43)30-28-26-24-22-20-18-16-14-12-10-8-6-4-2/h6,8,10,12,14,16,18,20,34-35,38-41,44-46H,3-5,7,9,11,13,15,17,19,21-33H2,1-2H3,(H,47,48,49)/b8-6+,12-10+,16-14+,20-18+/t34?,35-,38-,39?,40?,41+/m0/s1. The molecule has 1 aliphatic rings. The molecule has 6 atom stereocenters. The third-order valence-corrected chi connectivity index (χ3v) is 9.77. The van der Waals surface area contributed by atoms with Gasteiger partial charge in [0.05, 0.1) is 6.61 Å². The van der Waals surface area contributed by atoms with Gasteiger partial charge in [-0.25, -0.2) is 0 Å². The lowest BCUT2D eigenvalue weighted by Crippen LogP contribution is -2.60. The van der Waals surface area contributed by atoms with E-state index in [2.05, 4.69) is 26.0 Å². The number of hydrogen-bond acceptors (Lipinski definition) is 11. The SMILES string of the molecule is CC/C=C/C=C/C=C/C=C/CCCCCC(=O)OC(COC(=O)CCCCCCCCCCCCCCC)CO[C@@H]1O[C@@H](CS(=O)(=O)O)[C@H](O)C(O)C1O. The van der Waals surface area contributed by atoms with Crippen LogP contribution in [0.1, 0.15) is 142 Å². The summed E-state index contributed by atoms with van der Waals surface area (Å²) in [5.41, 5.74) is 0. The van der Waals surface area contributed by atoms with Crippen molar-refractivity contribution < 1.29 is 56.8 Å². The molecule has 3 unspecified atom stereocenters. The Hall–Kier alpha value is -2.39. The number of unbranched alkanes of at least 4 members (excludes halogenated alkanes) is 15. The van der Waals surface area contributed by atoms with E-state index in [0.29, 0.717) is 12.8 Å². The molecule has 1 fully saturated rings. The van der Waals surface area contributed by atoms with Crippen molar-refractivity contribution in [2.75, 3.05) is 19.0 Å². The maximum Gasteiger partial charge on any atom is 0.306 e. The van der Waals surface area contributed by atoms with E-state index in [-0.39, 0.29) is 19.4 Å². The molecule has 13 heteroatoms. The molecule has 1 aliphatic heterocycles. The molecule has 0 radical (unpaired) electrons.